The Morgan fingerprint density at radius 1 is 1.36 bits per heavy atom. The Morgan fingerprint density at radius 2 is 2.08 bits per heavy atom. The molecular weight excluding hydrogens is 358 g/mol. The van der Waals surface area contributed by atoms with Crippen LogP contribution in [-0.4, -0.2) is 47.6 Å². The second-order valence-electron chi connectivity index (χ2n) is 6.40. The summed E-state index contributed by atoms with van der Waals surface area (Å²) >= 11 is 7.68. The van der Waals surface area contributed by atoms with Crippen LogP contribution in [0.3, 0.4) is 0 Å². The van der Waals surface area contributed by atoms with Crippen LogP contribution in [0.1, 0.15) is 24.3 Å². The summed E-state index contributed by atoms with van der Waals surface area (Å²) in [5.41, 5.74) is 1.06. The van der Waals surface area contributed by atoms with Gasteiger partial charge < -0.3 is 10.1 Å². The Labute approximate surface area is 157 Å². The van der Waals surface area contributed by atoms with E-state index in [9.17, 15) is 4.79 Å². The van der Waals surface area contributed by atoms with Gasteiger partial charge in [0.15, 0.2) is 5.13 Å². The molecule has 0 saturated carbocycles. The molecule has 3 rings (SSSR count). The molecule has 1 aliphatic heterocycles. The zero-order chi connectivity index (χ0) is 17.8. The molecule has 2 atom stereocenters. The maximum atomic E-state index is 12.3. The molecule has 1 aromatic carbocycles. The van der Waals surface area contributed by atoms with Crippen LogP contribution in [0.2, 0.25) is 5.02 Å². The second-order valence-corrected chi connectivity index (χ2v) is 7.92. The van der Waals surface area contributed by atoms with Crippen LogP contribution in [0.25, 0.3) is 0 Å². The maximum Gasteiger partial charge on any atom is 0.240 e. The van der Waals surface area contributed by atoms with Gasteiger partial charge in [0.25, 0.3) is 0 Å². The van der Waals surface area contributed by atoms with Gasteiger partial charge in [0, 0.05) is 35.6 Å². The largest absolute Gasteiger partial charge is 0.373 e. The fraction of sp³-hybridized carbons (Fsp3) is 0.444. The number of aromatic nitrogens is 1. The number of ether oxygens (including phenoxy) is 1. The van der Waals surface area contributed by atoms with Crippen molar-refractivity contribution in [3.8, 4) is 0 Å². The number of halogens is 1. The zero-order valence-electron chi connectivity index (χ0n) is 14.4. The van der Waals surface area contributed by atoms with Crippen molar-refractivity contribution in [1.29, 1.82) is 0 Å². The van der Waals surface area contributed by atoms with E-state index in [1.54, 1.807) is 6.20 Å². The first-order chi connectivity index (χ1) is 12.0. The van der Waals surface area contributed by atoms with E-state index >= 15 is 0 Å². The number of hydrogen-bond acceptors (Lipinski definition) is 5. The number of nitrogens with zero attached hydrogens (tertiary/aromatic N) is 2. The normalized spacial score (nSPS) is 21.2. The van der Waals surface area contributed by atoms with Gasteiger partial charge >= 0.3 is 0 Å². The first kappa shape index (κ1) is 18.3. The summed E-state index contributed by atoms with van der Waals surface area (Å²) in [6.07, 6.45) is 2.81. The van der Waals surface area contributed by atoms with Gasteiger partial charge in [-0.3, -0.25) is 9.69 Å². The third-order valence-corrected chi connectivity index (χ3v) is 5.27. The minimum Gasteiger partial charge on any atom is -0.373 e. The summed E-state index contributed by atoms with van der Waals surface area (Å²) in [5, 5.41) is 4.27. The van der Waals surface area contributed by atoms with Crippen molar-refractivity contribution in [2.45, 2.75) is 32.5 Å². The van der Waals surface area contributed by atoms with Crippen LogP contribution in [-0.2, 0) is 16.0 Å². The Hall–Kier alpha value is -1.47. The lowest BCUT2D eigenvalue weighted by Gasteiger charge is -2.34. The molecule has 1 aliphatic rings. The van der Waals surface area contributed by atoms with Gasteiger partial charge in [0.1, 0.15) is 0 Å². The van der Waals surface area contributed by atoms with Gasteiger partial charge in [-0.25, -0.2) is 4.98 Å². The minimum absolute atomic E-state index is 0.0417. The number of nitrogens with one attached hydrogen (secondary N) is 1. The predicted octanol–water partition coefficient (Wildman–Crippen LogP) is 3.44. The van der Waals surface area contributed by atoms with E-state index in [-0.39, 0.29) is 18.1 Å². The second kappa shape index (κ2) is 8.27. The molecule has 25 heavy (non-hydrogen) atoms. The van der Waals surface area contributed by atoms with Gasteiger partial charge in [-0.05, 0) is 25.5 Å². The van der Waals surface area contributed by atoms with Gasteiger partial charge in [-0.15, -0.1) is 11.3 Å². The molecule has 7 heteroatoms. The standard InChI is InChI=1S/C18H22ClN3O2S/c1-12-9-22(10-13(2)24-12)11-17(23)21-18-20-8-15(25-18)7-14-5-3-4-6-16(14)19/h3-6,8,12-13H,7,9-11H2,1-2H3,(H,20,21,23)/t12-,13+. The average Bonchev–Trinajstić information content (AvgIpc) is 2.95. The fourth-order valence-corrected chi connectivity index (χ4v) is 4.11. The van der Waals surface area contributed by atoms with Gasteiger partial charge in [-0.1, -0.05) is 29.8 Å². The highest BCUT2D eigenvalue weighted by Crippen LogP contribution is 2.24. The van der Waals surface area contributed by atoms with Crippen LogP contribution in [0, 0.1) is 0 Å². The third kappa shape index (κ3) is 5.25. The number of benzene rings is 1. The number of carbonyl (C=O) groups is 1. The Balaban J connectivity index is 1.54. The van der Waals surface area contributed by atoms with E-state index in [4.69, 9.17) is 16.3 Å². The number of amides is 1. The third-order valence-electron chi connectivity index (χ3n) is 3.98. The molecule has 134 valence electrons. The van der Waals surface area contributed by atoms with E-state index in [1.165, 1.54) is 11.3 Å². The molecule has 1 saturated heterocycles. The van der Waals surface area contributed by atoms with Crippen molar-refractivity contribution in [3.05, 3.63) is 45.9 Å². The van der Waals surface area contributed by atoms with Crippen LogP contribution in [0.15, 0.2) is 30.5 Å². The minimum atomic E-state index is -0.0417. The number of thiazole rings is 1. The molecule has 1 amide bonds. The quantitative estimate of drug-likeness (QED) is 0.864. The number of rotatable bonds is 5. The lowest BCUT2D eigenvalue weighted by Crippen LogP contribution is -2.48. The van der Waals surface area contributed by atoms with Crippen molar-refractivity contribution < 1.29 is 9.53 Å². The van der Waals surface area contributed by atoms with Crippen molar-refractivity contribution in [2.75, 3.05) is 25.0 Å². The monoisotopic (exact) mass is 379 g/mol. The number of anilines is 1. The Morgan fingerprint density at radius 3 is 2.80 bits per heavy atom. The summed E-state index contributed by atoms with van der Waals surface area (Å²) in [7, 11) is 0. The van der Waals surface area contributed by atoms with Crippen LogP contribution < -0.4 is 5.32 Å². The summed E-state index contributed by atoms with van der Waals surface area (Å²) in [6.45, 7) is 5.96. The lowest BCUT2D eigenvalue weighted by atomic mass is 10.1. The van der Waals surface area contributed by atoms with Crippen molar-refractivity contribution >= 4 is 34.0 Å². The van der Waals surface area contributed by atoms with E-state index in [0.29, 0.717) is 18.1 Å². The van der Waals surface area contributed by atoms with Gasteiger partial charge in [0.2, 0.25) is 5.91 Å². The van der Waals surface area contributed by atoms with E-state index < -0.39 is 0 Å². The van der Waals surface area contributed by atoms with Crippen LogP contribution in [0.4, 0.5) is 5.13 Å². The maximum absolute atomic E-state index is 12.3. The molecule has 0 aliphatic carbocycles. The van der Waals surface area contributed by atoms with Crippen LogP contribution >= 0.6 is 22.9 Å². The Kier molecular flexibility index (Phi) is 6.06. The van der Waals surface area contributed by atoms with Crippen molar-refractivity contribution in [1.82, 2.24) is 9.88 Å². The molecule has 1 fully saturated rings. The first-order valence-corrected chi connectivity index (χ1v) is 9.55. The van der Waals surface area contributed by atoms with E-state index in [2.05, 4.69) is 15.2 Å². The smallest absolute Gasteiger partial charge is 0.240 e. The summed E-state index contributed by atoms with van der Waals surface area (Å²) in [5.74, 6) is -0.0417. The molecule has 2 heterocycles. The number of hydrogen-bond donors (Lipinski definition) is 1. The molecule has 1 N–H and O–H groups in total. The number of morpholine rings is 1. The van der Waals surface area contributed by atoms with Gasteiger partial charge in [-0.2, -0.15) is 0 Å². The fourth-order valence-electron chi connectivity index (χ4n) is 3.05. The Bertz CT molecular complexity index is 727. The molecule has 0 unspecified atom stereocenters. The predicted molar refractivity (Wildman–Crippen MR) is 101 cm³/mol. The van der Waals surface area contributed by atoms with Crippen molar-refractivity contribution in [2.24, 2.45) is 0 Å². The summed E-state index contributed by atoms with van der Waals surface area (Å²) in [6, 6.07) is 7.76. The highest BCUT2D eigenvalue weighted by atomic mass is 35.5. The molecule has 1 aromatic heterocycles. The first-order valence-electron chi connectivity index (χ1n) is 8.35. The van der Waals surface area contributed by atoms with Crippen molar-refractivity contribution in [3.63, 3.8) is 0 Å². The highest BCUT2D eigenvalue weighted by molar-refractivity contribution is 7.15. The zero-order valence-corrected chi connectivity index (χ0v) is 15.9. The lowest BCUT2D eigenvalue weighted by molar-refractivity contribution is -0.121. The SMILES string of the molecule is C[C@@H]1CN(CC(=O)Nc2ncc(Cc3ccccc3Cl)s2)C[C@H](C)O1. The highest BCUT2D eigenvalue weighted by Gasteiger charge is 2.23. The summed E-state index contributed by atoms with van der Waals surface area (Å²) < 4.78 is 5.69. The van der Waals surface area contributed by atoms with E-state index in [0.717, 1.165) is 28.6 Å². The van der Waals surface area contributed by atoms with Crippen LogP contribution in [0.5, 0.6) is 0 Å². The molecule has 0 bridgehead atoms. The summed E-state index contributed by atoms with van der Waals surface area (Å²) in [4.78, 5) is 19.8. The molecule has 0 spiro atoms. The number of carbonyl (C=O) groups excluding carboxylic acids is 1. The molecule has 2 aromatic rings. The van der Waals surface area contributed by atoms with Gasteiger partial charge in [0.05, 0.1) is 18.8 Å². The molecule has 5 nitrogen and oxygen atoms in total. The topological polar surface area (TPSA) is 54.5 Å². The average molecular weight is 380 g/mol. The molecular formula is C18H22ClN3O2S. The molecule has 0 radical (unpaired) electrons. The van der Waals surface area contributed by atoms with E-state index in [1.807, 2.05) is 38.1 Å².